The van der Waals surface area contributed by atoms with E-state index in [4.69, 9.17) is 5.26 Å². The van der Waals surface area contributed by atoms with Gasteiger partial charge in [-0.3, -0.25) is 0 Å². The number of hydrogen-bond donors (Lipinski definition) is 0. The lowest BCUT2D eigenvalue weighted by Gasteiger charge is -2.19. The van der Waals surface area contributed by atoms with E-state index in [0.29, 0.717) is 0 Å². The Hall–Kier alpha value is -0.550. The molecule has 0 aliphatic heterocycles. The smallest absolute Gasteiger partial charge is 0.0703 e. The number of rotatable bonds is 6. The number of nitrogens with zero attached hydrogens (tertiary/aromatic N) is 2. The van der Waals surface area contributed by atoms with Gasteiger partial charge in [0.05, 0.1) is 11.5 Å². The van der Waals surface area contributed by atoms with Crippen LogP contribution >= 0.6 is 0 Å². The molecule has 0 amide bonds. The molecule has 80 valence electrons. The van der Waals surface area contributed by atoms with Gasteiger partial charge in [0.25, 0.3) is 0 Å². The van der Waals surface area contributed by atoms with Gasteiger partial charge in [0.2, 0.25) is 0 Å². The van der Waals surface area contributed by atoms with Crippen molar-refractivity contribution >= 4 is 0 Å². The Morgan fingerprint density at radius 3 is 2.50 bits per heavy atom. The molecular weight excluding hydrogens is 172 g/mol. The van der Waals surface area contributed by atoms with Crippen molar-refractivity contribution in [1.82, 2.24) is 4.90 Å². The van der Waals surface area contributed by atoms with Crippen LogP contribution in [0.2, 0.25) is 0 Å². The second-order valence-electron chi connectivity index (χ2n) is 5.17. The highest BCUT2D eigenvalue weighted by Gasteiger charge is 2.43. The standard InChI is InChI=1S/C12H22N2/c1-11(2)5-4-8-14(3)10-12(9-13)6-7-12/h11H,4-8,10H2,1-3H3. The van der Waals surface area contributed by atoms with E-state index in [1.165, 1.54) is 12.8 Å². The Morgan fingerprint density at radius 2 is 2.07 bits per heavy atom. The molecule has 1 rings (SSSR count). The van der Waals surface area contributed by atoms with Crippen molar-refractivity contribution in [3.8, 4) is 6.07 Å². The highest BCUT2D eigenvalue weighted by atomic mass is 15.1. The van der Waals surface area contributed by atoms with E-state index in [-0.39, 0.29) is 5.41 Å². The molecule has 2 heteroatoms. The van der Waals surface area contributed by atoms with E-state index in [2.05, 4.69) is 31.9 Å². The predicted octanol–water partition coefficient (Wildman–Crippen LogP) is 2.66. The molecular formula is C12H22N2. The third-order valence-corrected chi connectivity index (χ3v) is 2.98. The summed E-state index contributed by atoms with van der Waals surface area (Å²) in [6.45, 7) is 6.64. The van der Waals surface area contributed by atoms with Gasteiger partial charge in [0.15, 0.2) is 0 Å². The lowest BCUT2D eigenvalue weighted by atomic mass is 10.1. The summed E-state index contributed by atoms with van der Waals surface area (Å²) in [6.07, 6.45) is 4.77. The maximum atomic E-state index is 8.94. The van der Waals surface area contributed by atoms with Crippen LogP contribution in [0, 0.1) is 22.7 Å². The zero-order valence-corrected chi connectivity index (χ0v) is 9.71. The first-order valence-electron chi connectivity index (χ1n) is 5.68. The first-order chi connectivity index (χ1) is 6.58. The van der Waals surface area contributed by atoms with Crippen LogP contribution in [-0.4, -0.2) is 25.0 Å². The van der Waals surface area contributed by atoms with Crippen molar-refractivity contribution in [3.63, 3.8) is 0 Å². The summed E-state index contributed by atoms with van der Waals surface area (Å²) in [6, 6.07) is 2.44. The molecule has 14 heavy (non-hydrogen) atoms. The number of nitriles is 1. The van der Waals surface area contributed by atoms with Gasteiger partial charge in [0.1, 0.15) is 0 Å². The third kappa shape index (κ3) is 3.67. The first-order valence-corrected chi connectivity index (χ1v) is 5.68. The maximum Gasteiger partial charge on any atom is 0.0703 e. The molecule has 1 fully saturated rings. The highest BCUT2D eigenvalue weighted by molar-refractivity contribution is 5.11. The Bertz CT molecular complexity index is 211. The van der Waals surface area contributed by atoms with Gasteiger partial charge in [-0.05, 0) is 45.2 Å². The fourth-order valence-corrected chi connectivity index (χ4v) is 1.82. The molecule has 0 aromatic carbocycles. The van der Waals surface area contributed by atoms with Gasteiger partial charge in [-0.15, -0.1) is 0 Å². The SMILES string of the molecule is CC(C)CCCN(C)CC1(C#N)CC1. The molecule has 1 aliphatic carbocycles. The molecule has 0 radical (unpaired) electrons. The monoisotopic (exact) mass is 194 g/mol. The third-order valence-electron chi connectivity index (χ3n) is 2.98. The minimum atomic E-state index is 0.0343. The average molecular weight is 194 g/mol. The van der Waals surface area contributed by atoms with E-state index in [1.807, 2.05) is 0 Å². The molecule has 0 unspecified atom stereocenters. The van der Waals surface area contributed by atoms with Gasteiger partial charge >= 0.3 is 0 Å². The van der Waals surface area contributed by atoms with E-state index in [0.717, 1.165) is 31.8 Å². The normalized spacial score (nSPS) is 18.6. The molecule has 0 aromatic rings. The lowest BCUT2D eigenvalue weighted by Crippen LogP contribution is -2.27. The quantitative estimate of drug-likeness (QED) is 0.650. The summed E-state index contributed by atoms with van der Waals surface area (Å²) in [7, 11) is 2.14. The molecule has 0 saturated heterocycles. The molecule has 1 saturated carbocycles. The Morgan fingerprint density at radius 1 is 1.43 bits per heavy atom. The summed E-state index contributed by atoms with van der Waals surface area (Å²) in [5.74, 6) is 0.800. The van der Waals surface area contributed by atoms with Crippen LogP contribution in [0.15, 0.2) is 0 Å². The van der Waals surface area contributed by atoms with Crippen LogP contribution in [0.5, 0.6) is 0 Å². The van der Waals surface area contributed by atoms with E-state index < -0.39 is 0 Å². The van der Waals surface area contributed by atoms with Gasteiger partial charge in [-0.25, -0.2) is 0 Å². The van der Waals surface area contributed by atoms with Crippen molar-refractivity contribution in [1.29, 1.82) is 5.26 Å². The Labute approximate surface area is 87.9 Å². The van der Waals surface area contributed by atoms with Crippen LogP contribution in [0.3, 0.4) is 0 Å². The zero-order chi connectivity index (χ0) is 10.6. The number of hydrogen-bond acceptors (Lipinski definition) is 2. The van der Waals surface area contributed by atoms with Gasteiger partial charge in [-0.2, -0.15) is 5.26 Å². The largest absolute Gasteiger partial charge is 0.305 e. The Balaban J connectivity index is 2.11. The van der Waals surface area contributed by atoms with Crippen molar-refractivity contribution in [2.45, 2.75) is 39.5 Å². The molecule has 0 spiro atoms. The van der Waals surface area contributed by atoms with Crippen LogP contribution in [0.4, 0.5) is 0 Å². The van der Waals surface area contributed by atoms with Crippen molar-refractivity contribution in [3.05, 3.63) is 0 Å². The molecule has 0 aromatic heterocycles. The minimum Gasteiger partial charge on any atom is -0.305 e. The highest BCUT2D eigenvalue weighted by Crippen LogP contribution is 2.45. The minimum absolute atomic E-state index is 0.0343. The van der Waals surface area contributed by atoms with E-state index >= 15 is 0 Å². The van der Waals surface area contributed by atoms with Crippen LogP contribution < -0.4 is 0 Å². The topological polar surface area (TPSA) is 27.0 Å². The van der Waals surface area contributed by atoms with E-state index in [1.54, 1.807) is 0 Å². The summed E-state index contributed by atoms with van der Waals surface area (Å²) in [5, 5.41) is 8.94. The Kier molecular flexibility index (Phi) is 3.95. The predicted molar refractivity (Wildman–Crippen MR) is 58.8 cm³/mol. The second kappa shape index (κ2) is 4.79. The van der Waals surface area contributed by atoms with Gasteiger partial charge in [0, 0.05) is 6.54 Å². The molecule has 0 N–H and O–H groups in total. The fourth-order valence-electron chi connectivity index (χ4n) is 1.82. The van der Waals surface area contributed by atoms with E-state index in [9.17, 15) is 0 Å². The van der Waals surface area contributed by atoms with Crippen LogP contribution in [0.25, 0.3) is 0 Å². The molecule has 0 heterocycles. The molecule has 0 atom stereocenters. The summed E-state index contributed by atoms with van der Waals surface area (Å²) in [4.78, 5) is 2.32. The average Bonchev–Trinajstić information content (AvgIpc) is 2.85. The summed E-state index contributed by atoms with van der Waals surface area (Å²) >= 11 is 0. The molecule has 0 bridgehead atoms. The van der Waals surface area contributed by atoms with Gasteiger partial charge < -0.3 is 4.90 Å². The lowest BCUT2D eigenvalue weighted by molar-refractivity contribution is 0.282. The molecule has 1 aliphatic rings. The van der Waals surface area contributed by atoms with Crippen molar-refractivity contribution in [2.75, 3.05) is 20.1 Å². The van der Waals surface area contributed by atoms with Crippen LogP contribution in [-0.2, 0) is 0 Å². The maximum absolute atomic E-state index is 8.94. The fraction of sp³-hybridized carbons (Fsp3) is 0.917. The summed E-state index contributed by atoms with van der Waals surface area (Å²) < 4.78 is 0. The molecule has 2 nitrogen and oxygen atoms in total. The zero-order valence-electron chi connectivity index (χ0n) is 9.71. The second-order valence-corrected chi connectivity index (χ2v) is 5.17. The van der Waals surface area contributed by atoms with Crippen molar-refractivity contribution < 1.29 is 0 Å². The van der Waals surface area contributed by atoms with Gasteiger partial charge in [-0.1, -0.05) is 13.8 Å². The van der Waals surface area contributed by atoms with Crippen molar-refractivity contribution in [2.24, 2.45) is 11.3 Å². The first kappa shape index (κ1) is 11.5. The van der Waals surface area contributed by atoms with Crippen LogP contribution in [0.1, 0.15) is 39.5 Å². The summed E-state index contributed by atoms with van der Waals surface area (Å²) in [5.41, 5.74) is 0.0343.